The van der Waals surface area contributed by atoms with E-state index in [1.807, 2.05) is 11.3 Å². The van der Waals surface area contributed by atoms with Gasteiger partial charge in [-0.2, -0.15) is 0 Å². The van der Waals surface area contributed by atoms with Gasteiger partial charge in [-0.1, -0.05) is 6.92 Å². The van der Waals surface area contributed by atoms with E-state index in [1.165, 1.54) is 39.9 Å². The highest BCUT2D eigenvalue weighted by Crippen LogP contribution is 2.39. The Morgan fingerprint density at radius 2 is 2.19 bits per heavy atom. The van der Waals surface area contributed by atoms with E-state index >= 15 is 0 Å². The van der Waals surface area contributed by atoms with E-state index < -0.39 is 0 Å². The number of aromatic nitrogens is 2. The molecule has 0 unspecified atom stereocenters. The zero-order valence-corrected chi connectivity index (χ0v) is 13.7. The fraction of sp³-hybridized carbons (Fsp3) is 0.625. The molecule has 5 heteroatoms. The number of anilines is 1. The van der Waals surface area contributed by atoms with Crippen molar-refractivity contribution in [3.63, 3.8) is 0 Å². The predicted molar refractivity (Wildman–Crippen MR) is 88.4 cm³/mol. The van der Waals surface area contributed by atoms with Crippen LogP contribution in [0.1, 0.15) is 42.5 Å². The normalized spacial score (nSPS) is 13.8. The van der Waals surface area contributed by atoms with Crippen LogP contribution in [0.25, 0.3) is 10.2 Å². The maximum atomic E-state index is 5.13. The number of fused-ring (bicyclic) bond motifs is 3. The van der Waals surface area contributed by atoms with Gasteiger partial charge in [0, 0.05) is 31.6 Å². The molecule has 0 saturated carbocycles. The maximum absolute atomic E-state index is 5.13. The van der Waals surface area contributed by atoms with Crippen LogP contribution in [0.4, 0.5) is 5.82 Å². The van der Waals surface area contributed by atoms with Gasteiger partial charge >= 0.3 is 0 Å². The zero-order chi connectivity index (χ0) is 14.7. The monoisotopic (exact) mass is 305 g/mol. The van der Waals surface area contributed by atoms with Crippen molar-refractivity contribution in [2.24, 2.45) is 0 Å². The molecule has 0 aliphatic heterocycles. The Morgan fingerprint density at radius 1 is 1.29 bits per heavy atom. The molecular formula is C16H23N3OS. The summed E-state index contributed by atoms with van der Waals surface area (Å²) in [4.78, 5) is 12.3. The van der Waals surface area contributed by atoms with Crippen molar-refractivity contribution in [2.45, 2.75) is 45.4 Å². The summed E-state index contributed by atoms with van der Waals surface area (Å²) in [5.41, 5.74) is 1.50. The molecular weight excluding hydrogens is 282 g/mol. The van der Waals surface area contributed by atoms with Crippen LogP contribution in [0.15, 0.2) is 0 Å². The van der Waals surface area contributed by atoms with E-state index in [4.69, 9.17) is 14.7 Å². The van der Waals surface area contributed by atoms with Crippen molar-refractivity contribution in [3.05, 3.63) is 16.3 Å². The van der Waals surface area contributed by atoms with Gasteiger partial charge in [0.05, 0.1) is 5.39 Å². The van der Waals surface area contributed by atoms with Crippen molar-refractivity contribution in [1.29, 1.82) is 0 Å². The first-order valence-corrected chi connectivity index (χ1v) is 8.69. The molecule has 21 heavy (non-hydrogen) atoms. The van der Waals surface area contributed by atoms with Crippen LogP contribution in [0, 0.1) is 0 Å². The molecule has 0 fully saturated rings. The molecule has 2 aromatic rings. The first kappa shape index (κ1) is 14.7. The summed E-state index contributed by atoms with van der Waals surface area (Å²) in [6.07, 6.45) is 6.63. The maximum Gasteiger partial charge on any atom is 0.138 e. The van der Waals surface area contributed by atoms with Crippen LogP contribution in [-0.4, -0.2) is 30.2 Å². The fourth-order valence-electron chi connectivity index (χ4n) is 2.90. The lowest BCUT2D eigenvalue weighted by Gasteiger charge is -2.09. The summed E-state index contributed by atoms with van der Waals surface area (Å²) in [7, 11) is 1.74. The van der Waals surface area contributed by atoms with Gasteiger partial charge in [-0.3, -0.25) is 0 Å². The standard InChI is InChI=1S/C16H23N3OS/c1-3-9-17-15-14-11-6-4-7-12(11)21-16(14)19-13(18-15)8-5-10-20-2/h3-10H2,1-2H3,(H,17,18,19). The Kier molecular flexibility index (Phi) is 4.70. The summed E-state index contributed by atoms with van der Waals surface area (Å²) >= 11 is 1.87. The molecule has 2 heterocycles. The average molecular weight is 305 g/mol. The second kappa shape index (κ2) is 6.71. The molecule has 114 valence electrons. The van der Waals surface area contributed by atoms with Crippen LogP contribution in [-0.2, 0) is 24.0 Å². The molecule has 0 atom stereocenters. The number of nitrogens with one attached hydrogen (secondary N) is 1. The van der Waals surface area contributed by atoms with Gasteiger partial charge in [0.1, 0.15) is 16.5 Å². The number of aryl methyl sites for hydroxylation is 3. The third-order valence-electron chi connectivity index (χ3n) is 3.90. The lowest BCUT2D eigenvalue weighted by Crippen LogP contribution is -2.07. The van der Waals surface area contributed by atoms with Crippen LogP contribution < -0.4 is 5.32 Å². The van der Waals surface area contributed by atoms with E-state index in [9.17, 15) is 0 Å². The van der Waals surface area contributed by atoms with E-state index in [1.54, 1.807) is 7.11 Å². The van der Waals surface area contributed by atoms with Crippen molar-refractivity contribution >= 4 is 27.4 Å². The van der Waals surface area contributed by atoms with E-state index in [0.29, 0.717) is 0 Å². The largest absolute Gasteiger partial charge is 0.385 e. The number of hydrogen-bond acceptors (Lipinski definition) is 5. The number of hydrogen-bond donors (Lipinski definition) is 1. The molecule has 1 aliphatic carbocycles. The summed E-state index contributed by atoms with van der Waals surface area (Å²) < 4.78 is 5.13. The number of thiophene rings is 1. The molecule has 0 bridgehead atoms. The smallest absolute Gasteiger partial charge is 0.138 e. The fourth-order valence-corrected chi connectivity index (χ4v) is 4.18. The lowest BCUT2D eigenvalue weighted by molar-refractivity contribution is 0.194. The summed E-state index contributed by atoms with van der Waals surface area (Å²) in [5.74, 6) is 1.99. The molecule has 3 rings (SSSR count). The van der Waals surface area contributed by atoms with Gasteiger partial charge in [0.15, 0.2) is 0 Å². The Morgan fingerprint density at radius 3 is 3.00 bits per heavy atom. The number of ether oxygens (including phenoxy) is 1. The predicted octanol–water partition coefficient (Wildman–Crippen LogP) is 3.58. The van der Waals surface area contributed by atoms with Crippen molar-refractivity contribution in [1.82, 2.24) is 9.97 Å². The van der Waals surface area contributed by atoms with Crippen LogP contribution in [0.3, 0.4) is 0 Å². The molecule has 1 aliphatic rings. The van der Waals surface area contributed by atoms with Crippen molar-refractivity contribution in [2.75, 3.05) is 25.6 Å². The van der Waals surface area contributed by atoms with Crippen LogP contribution in [0.5, 0.6) is 0 Å². The molecule has 0 aromatic carbocycles. The van der Waals surface area contributed by atoms with Gasteiger partial charge in [-0.25, -0.2) is 9.97 Å². The Hall–Kier alpha value is -1.20. The van der Waals surface area contributed by atoms with E-state index in [0.717, 1.165) is 44.1 Å². The van der Waals surface area contributed by atoms with Gasteiger partial charge < -0.3 is 10.1 Å². The first-order chi connectivity index (χ1) is 10.3. The summed E-state index contributed by atoms with van der Waals surface area (Å²) in [5, 5.41) is 4.80. The van der Waals surface area contributed by atoms with Gasteiger partial charge in [-0.15, -0.1) is 11.3 Å². The van der Waals surface area contributed by atoms with Gasteiger partial charge in [0.25, 0.3) is 0 Å². The molecule has 0 spiro atoms. The summed E-state index contributed by atoms with van der Waals surface area (Å²) in [6.45, 7) is 3.91. The molecule has 0 radical (unpaired) electrons. The average Bonchev–Trinajstić information content (AvgIpc) is 3.05. The third-order valence-corrected chi connectivity index (χ3v) is 5.09. The molecule has 0 amide bonds. The highest BCUT2D eigenvalue weighted by Gasteiger charge is 2.22. The Bertz CT molecular complexity index is 623. The number of nitrogens with zero attached hydrogens (tertiary/aromatic N) is 2. The van der Waals surface area contributed by atoms with Gasteiger partial charge in [-0.05, 0) is 37.7 Å². The Labute approximate surface area is 129 Å². The second-order valence-electron chi connectivity index (χ2n) is 5.55. The number of methoxy groups -OCH3 is 1. The molecule has 4 nitrogen and oxygen atoms in total. The highest BCUT2D eigenvalue weighted by molar-refractivity contribution is 7.19. The van der Waals surface area contributed by atoms with Gasteiger partial charge in [0.2, 0.25) is 0 Å². The minimum absolute atomic E-state index is 0.764. The molecule has 1 N–H and O–H groups in total. The topological polar surface area (TPSA) is 47.0 Å². The Balaban J connectivity index is 1.96. The third kappa shape index (κ3) is 3.04. The highest BCUT2D eigenvalue weighted by atomic mass is 32.1. The van der Waals surface area contributed by atoms with Crippen LogP contribution >= 0.6 is 11.3 Å². The molecule has 2 aromatic heterocycles. The minimum atomic E-state index is 0.764. The first-order valence-electron chi connectivity index (χ1n) is 7.87. The van der Waals surface area contributed by atoms with Crippen molar-refractivity contribution < 1.29 is 4.74 Å². The zero-order valence-electron chi connectivity index (χ0n) is 12.9. The minimum Gasteiger partial charge on any atom is -0.385 e. The molecule has 0 saturated heterocycles. The lowest BCUT2D eigenvalue weighted by atomic mass is 10.2. The van der Waals surface area contributed by atoms with E-state index in [2.05, 4.69) is 12.2 Å². The SMILES string of the molecule is CCCNc1nc(CCCOC)nc2sc3c(c12)CCC3. The van der Waals surface area contributed by atoms with Crippen molar-refractivity contribution in [3.8, 4) is 0 Å². The van der Waals surface area contributed by atoms with Crippen LogP contribution in [0.2, 0.25) is 0 Å². The number of rotatable bonds is 7. The summed E-state index contributed by atoms with van der Waals surface area (Å²) in [6, 6.07) is 0. The quantitative estimate of drug-likeness (QED) is 0.794. The second-order valence-corrected chi connectivity index (χ2v) is 6.63. The van der Waals surface area contributed by atoms with E-state index in [-0.39, 0.29) is 0 Å².